The number of carbonyl (C=O) groups is 1. The third kappa shape index (κ3) is 4.52. The monoisotopic (exact) mass is 288 g/mol. The summed E-state index contributed by atoms with van der Waals surface area (Å²) in [6.45, 7) is 3.50. The van der Waals surface area contributed by atoms with Crippen molar-refractivity contribution < 1.29 is 4.79 Å². The fourth-order valence-corrected chi connectivity index (χ4v) is 1.98. The molecule has 1 aromatic carbocycles. The molecule has 102 valence electrons. The minimum Gasteiger partial charge on any atom is -0.340 e. The maximum atomic E-state index is 12.2. The summed E-state index contributed by atoms with van der Waals surface area (Å²) in [6, 6.07) is 6.02. The first kappa shape index (κ1) is 17.3. The van der Waals surface area contributed by atoms with Gasteiger partial charge in [0.25, 0.3) is 5.91 Å². The van der Waals surface area contributed by atoms with Crippen LogP contribution in [-0.2, 0) is 0 Å². The minimum absolute atomic E-state index is 0. The molecular weight excluding hydrogens is 268 g/mol. The first-order valence-corrected chi connectivity index (χ1v) is 6.87. The number of thioether (sulfide) groups is 1. The number of nitrogens with zero attached hydrogens (tertiary/aromatic N) is 1. The number of rotatable bonds is 5. The van der Waals surface area contributed by atoms with E-state index in [1.54, 1.807) is 16.7 Å². The molecule has 0 radical (unpaired) electrons. The molecule has 0 spiro atoms. The first-order chi connectivity index (χ1) is 8.10. The highest BCUT2D eigenvalue weighted by Gasteiger charge is 2.14. The molecule has 3 nitrogen and oxygen atoms in total. The highest BCUT2D eigenvalue weighted by Crippen LogP contribution is 2.20. The third-order valence-electron chi connectivity index (χ3n) is 2.72. The van der Waals surface area contributed by atoms with Crippen LogP contribution in [0.2, 0.25) is 0 Å². The molecule has 1 N–H and O–H groups in total. The van der Waals surface area contributed by atoms with E-state index in [-0.39, 0.29) is 18.3 Å². The Kier molecular flexibility index (Phi) is 8.07. The maximum absolute atomic E-state index is 12.2. The molecule has 0 heterocycles. The molecule has 0 aromatic heterocycles. The van der Waals surface area contributed by atoms with E-state index in [2.05, 4.69) is 5.32 Å². The normalized spacial score (nSPS) is 9.78. The molecule has 0 fully saturated rings. The van der Waals surface area contributed by atoms with Crippen molar-refractivity contribution in [1.82, 2.24) is 10.2 Å². The van der Waals surface area contributed by atoms with E-state index >= 15 is 0 Å². The van der Waals surface area contributed by atoms with Crippen molar-refractivity contribution in [1.29, 1.82) is 0 Å². The molecule has 0 aliphatic heterocycles. The van der Waals surface area contributed by atoms with Crippen molar-refractivity contribution in [2.24, 2.45) is 0 Å². The number of amides is 1. The molecule has 1 aromatic rings. The van der Waals surface area contributed by atoms with Crippen LogP contribution in [0.3, 0.4) is 0 Å². The Labute approximate surface area is 120 Å². The average molecular weight is 289 g/mol. The summed E-state index contributed by atoms with van der Waals surface area (Å²) in [5, 5.41) is 3.04. The molecule has 1 rings (SSSR count). The third-order valence-corrected chi connectivity index (χ3v) is 3.44. The number of carbonyl (C=O) groups excluding carboxylic acids is 1. The molecule has 0 unspecified atom stereocenters. The number of aryl methyl sites for hydroxylation is 1. The lowest BCUT2D eigenvalue weighted by molar-refractivity contribution is 0.0796. The van der Waals surface area contributed by atoms with Crippen LogP contribution in [-0.4, -0.2) is 44.2 Å². The van der Waals surface area contributed by atoms with Gasteiger partial charge in [0.1, 0.15) is 0 Å². The van der Waals surface area contributed by atoms with Crippen molar-refractivity contribution in [3.8, 4) is 0 Å². The Morgan fingerprint density at radius 1 is 1.44 bits per heavy atom. The molecule has 0 saturated carbocycles. The predicted molar refractivity (Wildman–Crippen MR) is 81.1 cm³/mol. The molecule has 1 amide bonds. The average Bonchev–Trinajstić information content (AvgIpc) is 2.35. The molecule has 0 saturated heterocycles. The van der Waals surface area contributed by atoms with Gasteiger partial charge in [-0.2, -0.15) is 0 Å². The van der Waals surface area contributed by atoms with Crippen molar-refractivity contribution in [3.05, 3.63) is 29.3 Å². The van der Waals surface area contributed by atoms with E-state index in [0.29, 0.717) is 0 Å². The van der Waals surface area contributed by atoms with E-state index in [1.165, 1.54) is 0 Å². The zero-order valence-electron chi connectivity index (χ0n) is 11.3. The summed E-state index contributed by atoms with van der Waals surface area (Å²) >= 11 is 1.66. The van der Waals surface area contributed by atoms with E-state index < -0.39 is 0 Å². The highest BCUT2D eigenvalue weighted by atomic mass is 35.5. The largest absolute Gasteiger partial charge is 0.340 e. The van der Waals surface area contributed by atoms with Gasteiger partial charge in [0.05, 0.1) is 0 Å². The fourth-order valence-electron chi connectivity index (χ4n) is 1.55. The molecular formula is C13H21ClN2OS. The van der Waals surface area contributed by atoms with Gasteiger partial charge >= 0.3 is 0 Å². The first-order valence-electron chi connectivity index (χ1n) is 5.65. The Balaban J connectivity index is 0.00000289. The van der Waals surface area contributed by atoms with Gasteiger partial charge in [-0.1, -0.05) is 6.07 Å². The Bertz CT molecular complexity index is 399. The minimum atomic E-state index is 0. The van der Waals surface area contributed by atoms with E-state index in [1.807, 2.05) is 45.5 Å². The van der Waals surface area contributed by atoms with E-state index in [0.717, 1.165) is 29.1 Å². The van der Waals surface area contributed by atoms with Crippen LogP contribution in [0.25, 0.3) is 0 Å². The van der Waals surface area contributed by atoms with Crippen molar-refractivity contribution in [3.63, 3.8) is 0 Å². The van der Waals surface area contributed by atoms with Gasteiger partial charge in [-0.25, -0.2) is 0 Å². The van der Waals surface area contributed by atoms with Gasteiger partial charge in [-0.05, 0) is 37.9 Å². The fraction of sp³-hybridized carbons (Fsp3) is 0.462. The second-order valence-electron chi connectivity index (χ2n) is 4.01. The molecule has 0 aliphatic carbocycles. The van der Waals surface area contributed by atoms with Gasteiger partial charge in [0.2, 0.25) is 0 Å². The molecule has 0 atom stereocenters. The molecule has 5 heteroatoms. The Hall–Kier alpha value is -0.710. The lowest BCUT2D eigenvalue weighted by atomic mass is 10.1. The quantitative estimate of drug-likeness (QED) is 0.845. The van der Waals surface area contributed by atoms with Crippen LogP contribution in [0.5, 0.6) is 0 Å². The van der Waals surface area contributed by atoms with Crippen LogP contribution < -0.4 is 5.32 Å². The molecule has 18 heavy (non-hydrogen) atoms. The van der Waals surface area contributed by atoms with Crippen LogP contribution in [0, 0.1) is 6.92 Å². The SMILES string of the molecule is CNCCN(C)C(=O)c1cc(SC)ccc1C.Cl. The lowest BCUT2D eigenvalue weighted by Crippen LogP contribution is -2.33. The van der Waals surface area contributed by atoms with Gasteiger partial charge in [-0.15, -0.1) is 24.2 Å². The maximum Gasteiger partial charge on any atom is 0.253 e. The highest BCUT2D eigenvalue weighted by molar-refractivity contribution is 7.98. The number of hydrogen-bond acceptors (Lipinski definition) is 3. The summed E-state index contributed by atoms with van der Waals surface area (Å²) in [5.74, 6) is 0.0913. The lowest BCUT2D eigenvalue weighted by Gasteiger charge is -2.18. The van der Waals surface area contributed by atoms with Crippen LogP contribution in [0.4, 0.5) is 0 Å². The number of benzene rings is 1. The van der Waals surface area contributed by atoms with Gasteiger partial charge in [0.15, 0.2) is 0 Å². The second kappa shape index (κ2) is 8.40. The Morgan fingerprint density at radius 3 is 2.67 bits per heavy atom. The summed E-state index contributed by atoms with van der Waals surface area (Å²) in [6.07, 6.45) is 2.02. The van der Waals surface area contributed by atoms with Gasteiger partial charge in [-0.3, -0.25) is 4.79 Å². The standard InChI is InChI=1S/C13H20N2OS.ClH/c1-10-5-6-11(17-4)9-12(10)13(16)15(3)8-7-14-2;/h5-6,9,14H,7-8H2,1-4H3;1H. The van der Waals surface area contributed by atoms with Crippen LogP contribution >= 0.6 is 24.2 Å². The van der Waals surface area contributed by atoms with E-state index in [9.17, 15) is 4.79 Å². The number of hydrogen-bond donors (Lipinski definition) is 1. The second-order valence-corrected chi connectivity index (χ2v) is 4.89. The smallest absolute Gasteiger partial charge is 0.253 e. The number of nitrogens with one attached hydrogen (secondary N) is 1. The molecule has 0 aliphatic rings. The zero-order valence-corrected chi connectivity index (χ0v) is 13.0. The summed E-state index contributed by atoms with van der Waals surface area (Å²) < 4.78 is 0. The summed E-state index contributed by atoms with van der Waals surface area (Å²) in [4.78, 5) is 15.1. The number of halogens is 1. The Morgan fingerprint density at radius 2 is 2.11 bits per heavy atom. The predicted octanol–water partition coefficient (Wildman–Crippen LogP) is 2.43. The topological polar surface area (TPSA) is 32.3 Å². The van der Waals surface area contributed by atoms with Crippen LogP contribution in [0.1, 0.15) is 15.9 Å². The van der Waals surface area contributed by atoms with Crippen molar-refractivity contribution in [2.75, 3.05) is 33.4 Å². The zero-order chi connectivity index (χ0) is 12.8. The molecule has 0 bridgehead atoms. The van der Waals surface area contributed by atoms with Gasteiger partial charge in [0, 0.05) is 30.6 Å². The summed E-state index contributed by atoms with van der Waals surface area (Å²) in [7, 11) is 3.72. The van der Waals surface area contributed by atoms with Gasteiger partial charge < -0.3 is 10.2 Å². The number of likely N-dealkylation sites (N-methyl/N-ethyl adjacent to an activating group) is 2. The van der Waals surface area contributed by atoms with E-state index in [4.69, 9.17) is 0 Å². The van der Waals surface area contributed by atoms with Crippen molar-refractivity contribution in [2.45, 2.75) is 11.8 Å². The van der Waals surface area contributed by atoms with Crippen molar-refractivity contribution >= 4 is 30.1 Å². The summed E-state index contributed by atoms with van der Waals surface area (Å²) in [5.41, 5.74) is 1.83. The van der Waals surface area contributed by atoms with Crippen LogP contribution in [0.15, 0.2) is 23.1 Å².